The lowest BCUT2D eigenvalue weighted by atomic mass is 10.1. The van der Waals surface area contributed by atoms with Crippen LogP contribution in [0.1, 0.15) is 42.3 Å². The topological polar surface area (TPSA) is 26.3 Å². The summed E-state index contributed by atoms with van der Waals surface area (Å²) >= 11 is 6.04. The third-order valence-electron chi connectivity index (χ3n) is 2.07. The van der Waals surface area contributed by atoms with E-state index in [0.29, 0.717) is 10.6 Å². The van der Waals surface area contributed by atoms with Gasteiger partial charge in [-0.15, -0.1) is 0 Å². The number of hydrogen-bond acceptors (Lipinski definition) is 2. The molecule has 1 aromatic rings. The zero-order chi connectivity index (χ0) is 12.5. The second-order valence-corrected chi connectivity index (χ2v) is 5.30. The van der Waals surface area contributed by atoms with Crippen molar-refractivity contribution >= 4 is 17.6 Å². The fraction of sp³-hybridized carbons (Fsp3) is 0.462. The van der Waals surface area contributed by atoms with Gasteiger partial charge in [-0.1, -0.05) is 11.6 Å². The number of hydrogen-bond donors (Lipinski definition) is 0. The van der Waals surface area contributed by atoms with Crippen LogP contribution in [-0.2, 0) is 4.74 Å². The quantitative estimate of drug-likeness (QED) is 0.696. The van der Waals surface area contributed by atoms with E-state index in [0.717, 1.165) is 11.1 Å². The van der Waals surface area contributed by atoms with E-state index in [1.165, 1.54) is 0 Å². The van der Waals surface area contributed by atoms with E-state index in [9.17, 15) is 4.79 Å². The average Bonchev–Trinajstić information content (AvgIpc) is 2.10. The van der Waals surface area contributed by atoms with Crippen molar-refractivity contribution in [3.05, 3.63) is 33.8 Å². The molecule has 1 aromatic carbocycles. The molecule has 0 radical (unpaired) electrons. The predicted molar refractivity (Wildman–Crippen MR) is 66.1 cm³/mol. The molecule has 1 rings (SSSR count). The maximum Gasteiger partial charge on any atom is 0.338 e. The predicted octanol–water partition coefficient (Wildman–Crippen LogP) is 3.91. The van der Waals surface area contributed by atoms with Crippen LogP contribution >= 0.6 is 11.6 Å². The van der Waals surface area contributed by atoms with Gasteiger partial charge in [-0.2, -0.15) is 0 Å². The Balaban J connectivity index is 3.02. The number of halogens is 1. The molecule has 0 atom stereocenters. The first-order valence-corrected chi connectivity index (χ1v) is 5.58. The molecule has 0 amide bonds. The summed E-state index contributed by atoms with van der Waals surface area (Å²) in [6.07, 6.45) is 0. The Morgan fingerprint density at radius 2 is 1.62 bits per heavy atom. The van der Waals surface area contributed by atoms with Crippen molar-refractivity contribution in [2.45, 2.75) is 40.2 Å². The standard InChI is InChI=1S/C13H17ClO2/c1-8-6-10(7-9(2)11(8)14)12(15)16-13(3,4)5/h6-7H,1-5H3. The first-order chi connectivity index (χ1) is 7.20. The Hall–Kier alpha value is -1.02. The van der Waals surface area contributed by atoms with E-state index in [4.69, 9.17) is 16.3 Å². The number of benzene rings is 1. The summed E-state index contributed by atoms with van der Waals surface area (Å²) in [6.45, 7) is 9.30. The van der Waals surface area contributed by atoms with E-state index < -0.39 is 5.60 Å². The number of aryl methyl sites for hydroxylation is 2. The normalized spacial score (nSPS) is 11.4. The lowest BCUT2D eigenvalue weighted by Crippen LogP contribution is -2.24. The molecule has 0 fully saturated rings. The zero-order valence-corrected chi connectivity index (χ0v) is 11.1. The van der Waals surface area contributed by atoms with Gasteiger partial charge in [0.25, 0.3) is 0 Å². The van der Waals surface area contributed by atoms with Crippen molar-refractivity contribution in [2.24, 2.45) is 0 Å². The van der Waals surface area contributed by atoms with Crippen molar-refractivity contribution in [1.29, 1.82) is 0 Å². The minimum atomic E-state index is -0.474. The largest absolute Gasteiger partial charge is 0.456 e. The van der Waals surface area contributed by atoms with Crippen LogP contribution in [0.15, 0.2) is 12.1 Å². The van der Waals surface area contributed by atoms with E-state index in [-0.39, 0.29) is 5.97 Å². The SMILES string of the molecule is Cc1cc(C(=O)OC(C)(C)C)cc(C)c1Cl. The smallest absolute Gasteiger partial charge is 0.338 e. The molecule has 3 heteroatoms. The molecule has 0 aliphatic heterocycles. The van der Waals surface area contributed by atoms with Gasteiger partial charge in [-0.25, -0.2) is 4.79 Å². The van der Waals surface area contributed by atoms with Crippen LogP contribution in [0.5, 0.6) is 0 Å². The maximum atomic E-state index is 11.8. The van der Waals surface area contributed by atoms with Crippen molar-refractivity contribution in [2.75, 3.05) is 0 Å². The number of rotatable bonds is 1. The highest BCUT2D eigenvalue weighted by atomic mass is 35.5. The highest BCUT2D eigenvalue weighted by molar-refractivity contribution is 6.32. The van der Waals surface area contributed by atoms with Crippen molar-refractivity contribution in [1.82, 2.24) is 0 Å². The summed E-state index contributed by atoms with van der Waals surface area (Å²) < 4.78 is 5.29. The highest BCUT2D eigenvalue weighted by Gasteiger charge is 2.18. The first kappa shape index (κ1) is 13.0. The first-order valence-electron chi connectivity index (χ1n) is 5.21. The molecule has 0 aliphatic rings. The Labute approximate surface area is 102 Å². The van der Waals surface area contributed by atoms with Crippen LogP contribution in [0.2, 0.25) is 5.02 Å². The zero-order valence-electron chi connectivity index (χ0n) is 10.3. The van der Waals surface area contributed by atoms with E-state index in [1.807, 2.05) is 34.6 Å². The van der Waals surface area contributed by atoms with Crippen molar-refractivity contribution in [3.8, 4) is 0 Å². The fourth-order valence-electron chi connectivity index (χ4n) is 1.40. The molecule has 0 saturated heterocycles. The van der Waals surface area contributed by atoms with Crippen molar-refractivity contribution in [3.63, 3.8) is 0 Å². The third-order valence-corrected chi connectivity index (χ3v) is 2.67. The van der Waals surface area contributed by atoms with Gasteiger partial charge in [-0.3, -0.25) is 0 Å². The van der Waals surface area contributed by atoms with Gasteiger partial charge in [0.05, 0.1) is 5.56 Å². The molecule has 2 nitrogen and oxygen atoms in total. The van der Waals surface area contributed by atoms with E-state index in [2.05, 4.69) is 0 Å². The van der Waals surface area contributed by atoms with Gasteiger partial charge in [0.2, 0.25) is 0 Å². The van der Waals surface area contributed by atoms with Gasteiger partial charge < -0.3 is 4.74 Å². The molecule has 0 spiro atoms. The Kier molecular flexibility index (Phi) is 3.64. The number of ether oxygens (including phenoxy) is 1. The van der Waals surface area contributed by atoms with Crippen LogP contribution in [0, 0.1) is 13.8 Å². The third kappa shape index (κ3) is 3.24. The van der Waals surface area contributed by atoms with E-state index >= 15 is 0 Å². The molecule has 88 valence electrons. The van der Waals surface area contributed by atoms with Crippen LogP contribution in [0.3, 0.4) is 0 Å². The minimum absolute atomic E-state index is 0.310. The number of carbonyl (C=O) groups is 1. The molecule has 0 bridgehead atoms. The fourth-order valence-corrected chi connectivity index (χ4v) is 1.51. The Bertz CT molecular complexity index is 393. The van der Waals surface area contributed by atoms with E-state index in [1.54, 1.807) is 12.1 Å². The van der Waals surface area contributed by atoms with Crippen LogP contribution < -0.4 is 0 Å². The molecule has 0 N–H and O–H groups in total. The summed E-state index contributed by atoms with van der Waals surface area (Å²) in [5.41, 5.74) is 1.86. The van der Waals surface area contributed by atoms with Crippen LogP contribution in [0.25, 0.3) is 0 Å². The molecule has 0 aromatic heterocycles. The van der Waals surface area contributed by atoms with Crippen LogP contribution in [0.4, 0.5) is 0 Å². The number of esters is 1. The van der Waals surface area contributed by atoms with Gasteiger partial charge >= 0.3 is 5.97 Å². The van der Waals surface area contributed by atoms with Gasteiger partial charge in [0.15, 0.2) is 0 Å². The van der Waals surface area contributed by atoms with Crippen molar-refractivity contribution < 1.29 is 9.53 Å². The molecular formula is C13H17ClO2. The summed E-state index contributed by atoms with van der Waals surface area (Å²) in [5.74, 6) is -0.310. The minimum Gasteiger partial charge on any atom is -0.456 e. The summed E-state index contributed by atoms with van der Waals surface area (Å²) in [4.78, 5) is 11.8. The highest BCUT2D eigenvalue weighted by Crippen LogP contribution is 2.23. The maximum absolute atomic E-state index is 11.8. The summed E-state index contributed by atoms with van der Waals surface area (Å²) in [7, 11) is 0. The lowest BCUT2D eigenvalue weighted by Gasteiger charge is -2.20. The summed E-state index contributed by atoms with van der Waals surface area (Å²) in [6, 6.07) is 3.51. The number of carbonyl (C=O) groups excluding carboxylic acids is 1. The molecule has 0 aliphatic carbocycles. The van der Waals surface area contributed by atoms with Gasteiger partial charge in [0, 0.05) is 5.02 Å². The molecule has 0 saturated carbocycles. The Morgan fingerprint density at radius 1 is 1.19 bits per heavy atom. The second kappa shape index (κ2) is 4.46. The monoisotopic (exact) mass is 240 g/mol. The summed E-state index contributed by atoms with van der Waals surface area (Å²) in [5, 5.41) is 0.701. The van der Waals surface area contributed by atoms with Gasteiger partial charge in [0.1, 0.15) is 5.60 Å². The Morgan fingerprint density at radius 3 is 2.00 bits per heavy atom. The van der Waals surface area contributed by atoms with Gasteiger partial charge in [-0.05, 0) is 57.9 Å². The molecule has 16 heavy (non-hydrogen) atoms. The molecule has 0 heterocycles. The lowest BCUT2D eigenvalue weighted by molar-refractivity contribution is 0.00693. The second-order valence-electron chi connectivity index (χ2n) is 4.93. The molecular weight excluding hydrogens is 224 g/mol. The average molecular weight is 241 g/mol. The molecule has 0 unspecified atom stereocenters. The van der Waals surface area contributed by atoms with Crippen LogP contribution in [-0.4, -0.2) is 11.6 Å².